The largest absolute Gasteiger partial charge is 0.450 e. The second-order valence-corrected chi connectivity index (χ2v) is 5.67. The molecule has 0 atom stereocenters. The molecule has 24 heavy (non-hydrogen) atoms. The lowest BCUT2D eigenvalue weighted by atomic mass is 10.0. The van der Waals surface area contributed by atoms with E-state index >= 15 is 0 Å². The highest BCUT2D eigenvalue weighted by molar-refractivity contribution is 6.30. The summed E-state index contributed by atoms with van der Waals surface area (Å²) in [5.74, 6) is 2.31. The standard InChI is InChI=1S/C18H10ClNO4/c19-12-6-7-13(14(10-12)20(21)22)11-5-8-17-18(9-11)24-16-4-2-1-3-15(16)23-17/h1-10H. The quantitative estimate of drug-likeness (QED) is 0.341. The minimum atomic E-state index is -0.451. The van der Waals surface area contributed by atoms with Gasteiger partial charge in [-0.1, -0.05) is 29.8 Å². The van der Waals surface area contributed by atoms with E-state index in [0.717, 1.165) is 0 Å². The van der Waals surface area contributed by atoms with Crippen LogP contribution in [0.2, 0.25) is 5.02 Å². The highest BCUT2D eigenvalue weighted by Crippen LogP contribution is 2.47. The van der Waals surface area contributed by atoms with Gasteiger partial charge in [0.25, 0.3) is 5.69 Å². The molecule has 0 saturated carbocycles. The lowest BCUT2D eigenvalue weighted by molar-refractivity contribution is -0.384. The molecule has 0 bridgehead atoms. The topological polar surface area (TPSA) is 61.6 Å². The van der Waals surface area contributed by atoms with E-state index in [1.807, 2.05) is 18.2 Å². The molecule has 0 amide bonds. The van der Waals surface area contributed by atoms with Crippen LogP contribution >= 0.6 is 11.6 Å². The van der Waals surface area contributed by atoms with Crippen molar-refractivity contribution < 1.29 is 14.4 Å². The lowest BCUT2D eigenvalue weighted by Crippen LogP contribution is -1.99. The molecule has 1 aliphatic rings. The van der Waals surface area contributed by atoms with Crippen LogP contribution in [0.25, 0.3) is 11.1 Å². The highest BCUT2D eigenvalue weighted by Gasteiger charge is 2.21. The minimum Gasteiger partial charge on any atom is -0.450 e. The van der Waals surface area contributed by atoms with E-state index in [2.05, 4.69) is 0 Å². The first-order valence-electron chi connectivity index (χ1n) is 7.15. The fourth-order valence-electron chi connectivity index (χ4n) is 2.60. The summed E-state index contributed by atoms with van der Waals surface area (Å²) in [6.45, 7) is 0. The van der Waals surface area contributed by atoms with Gasteiger partial charge in [0.2, 0.25) is 0 Å². The fourth-order valence-corrected chi connectivity index (χ4v) is 2.76. The van der Waals surface area contributed by atoms with Gasteiger partial charge in [-0.15, -0.1) is 0 Å². The molecule has 0 saturated heterocycles. The molecule has 0 fully saturated rings. The molecule has 0 aromatic heterocycles. The van der Waals surface area contributed by atoms with Crippen molar-refractivity contribution in [1.82, 2.24) is 0 Å². The van der Waals surface area contributed by atoms with Crippen molar-refractivity contribution in [1.29, 1.82) is 0 Å². The first kappa shape index (κ1) is 14.5. The van der Waals surface area contributed by atoms with Crippen LogP contribution in [-0.2, 0) is 0 Å². The second-order valence-electron chi connectivity index (χ2n) is 5.23. The van der Waals surface area contributed by atoms with E-state index in [1.54, 1.807) is 36.4 Å². The van der Waals surface area contributed by atoms with Crippen LogP contribution in [0.1, 0.15) is 0 Å². The fraction of sp³-hybridized carbons (Fsp3) is 0. The number of halogens is 1. The van der Waals surface area contributed by atoms with Crippen molar-refractivity contribution in [3.63, 3.8) is 0 Å². The molecular formula is C18H10ClNO4. The van der Waals surface area contributed by atoms with Crippen molar-refractivity contribution in [2.24, 2.45) is 0 Å². The average molecular weight is 340 g/mol. The summed E-state index contributed by atoms with van der Waals surface area (Å²) >= 11 is 5.87. The van der Waals surface area contributed by atoms with Crippen LogP contribution in [0, 0.1) is 10.1 Å². The molecule has 5 nitrogen and oxygen atoms in total. The number of ether oxygens (including phenoxy) is 2. The first-order valence-corrected chi connectivity index (χ1v) is 7.53. The zero-order valence-electron chi connectivity index (χ0n) is 12.2. The molecule has 0 aliphatic carbocycles. The van der Waals surface area contributed by atoms with Crippen molar-refractivity contribution >= 4 is 17.3 Å². The van der Waals surface area contributed by atoms with Gasteiger partial charge in [-0.3, -0.25) is 10.1 Å². The van der Waals surface area contributed by atoms with Crippen LogP contribution < -0.4 is 9.47 Å². The van der Waals surface area contributed by atoms with Gasteiger partial charge in [0.15, 0.2) is 23.0 Å². The van der Waals surface area contributed by atoms with Gasteiger partial charge in [0.05, 0.1) is 10.5 Å². The highest BCUT2D eigenvalue weighted by atomic mass is 35.5. The Hall–Kier alpha value is -3.05. The molecular weight excluding hydrogens is 330 g/mol. The van der Waals surface area contributed by atoms with E-state index in [9.17, 15) is 10.1 Å². The number of nitrogens with zero attached hydrogens (tertiary/aromatic N) is 1. The third-order valence-electron chi connectivity index (χ3n) is 3.70. The third kappa shape index (κ3) is 2.45. The molecule has 3 aromatic carbocycles. The summed E-state index contributed by atoms with van der Waals surface area (Å²) < 4.78 is 11.6. The monoisotopic (exact) mass is 339 g/mol. The maximum absolute atomic E-state index is 11.3. The minimum absolute atomic E-state index is 0.0559. The van der Waals surface area contributed by atoms with E-state index < -0.39 is 4.92 Å². The van der Waals surface area contributed by atoms with Gasteiger partial charge in [-0.05, 0) is 42.0 Å². The van der Waals surface area contributed by atoms with Gasteiger partial charge in [0.1, 0.15) is 0 Å². The molecule has 1 aliphatic heterocycles. The second kappa shape index (κ2) is 5.54. The number of rotatable bonds is 2. The number of nitro benzene ring substituents is 1. The van der Waals surface area contributed by atoms with Crippen LogP contribution in [-0.4, -0.2) is 4.92 Å². The predicted octanol–water partition coefficient (Wildman–Crippen LogP) is 5.81. The summed E-state index contributed by atoms with van der Waals surface area (Å²) in [6, 6.07) is 17.1. The van der Waals surface area contributed by atoms with Crippen LogP contribution in [0.4, 0.5) is 5.69 Å². The SMILES string of the molecule is O=[N+]([O-])c1cc(Cl)ccc1-c1ccc2c(c1)Oc1ccccc1O2. The van der Waals surface area contributed by atoms with E-state index in [1.165, 1.54) is 6.07 Å². The average Bonchev–Trinajstić information content (AvgIpc) is 2.59. The maximum Gasteiger partial charge on any atom is 0.278 e. The lowest BCUT2D eigenvalue weighted by Gasteiger charge is -2.20. The summed E-state index contributed by atoms with van der Waals surface area (Å²) in [6.07, 6.45) is 0. The molecule has 0 spiro atoms. The Balaban J connectivity index is 1.80. The number of hydrogen-bond acceptors (Lipinski definition) is 4. The Morgan fingerprint density at radius 1 is 0.833 bits per heavy atom. The molecule has 6 heteroatoms. The summed E-state index contributed by atoms with van der Waals surface area (Å²) in [5, 5.41) is 11.6. The van der Waals surface area contributed by atoms with E-state index in [-0.39, 0.29) is 5.69 Å². The third-order valence-corrected chi connectivity index (χ3v) is 3.94. The van der Waals surface area contributed by atoms with Gasteiger partial charge in [-0.2, -0.15) is 0 Å². The molecule has 3 aromatic rings. The molecule has 0 N–H and O–H groups in total. The molecule has 4 rings (SSSR count). The molecule has 118 valence electrons. The Labute approximate surface area is 142 Å². The maximum atomic E-state index is 11.3. The Morgan fingerprint density at radius 3 is 2.21 bits per heavy atom. The van der Waals surface area contributed by atoms with Gasteiger partial charge in [0, 0.05) is 11.1 Å². The summed E-state index contributed by atoms with van der Waals surface area (Å²) in [5.41, 5.74) is 1.06. The van der Waals surface area contributed by atoms with Crippen molar-refractivity contribution in [3.05, 3.63) is 75.8 Å². The van der Waals surface area contributed by atoms with Crippen LogP contribution in [0.15, 0.2) is 60.7 Å². The van der Waals surface area contributed by atoms with E-state index in [4.69, 9.17) is 21.1 Å². The summed E-state index contributed by atoms with van der Waals surface area (Å²) in [7, 11) is 0. The van der Waals surface area contributed by atoms with E-state index in [0.29, 0.717) is 39.1 Å². The van der Waals surface area contributed by atoms with Crippen molar-refractivity contribution in [3.8, 4) is 34.1 Å². The van der Waals surface area contributed by atoms with Gasteiger partial charge in [-0.25, -0.2) is 0 Å². The first-order chi connectivity index (χ1) is 11.6. The predicted molar refractivity (Wildman–Crippen MR) is 90.1 cm³/mol. The molecule has 1 heterocycles. The molecule has 0 unspecified atom stereocenters. The van der Waals surface area contributed by atoms with Gasteiger partial charge < -0.3 is 9.47 Å². The number of hydrogen-bond donors (Lipinski definition) is 0. The zero-order chi connectivity index (χ0) is 16.7. The number of fused-ring (bicyclic) bond motifs is 2. The smallest absolute Gasteiger partial charge is 0.278 e. The van der Waals surface area contributed by atoms with Crippen LogP contribution in [0.5, 0.6) is 23.0 Å². The normalized spacial score (nSPS) is 11.7. The Morgan fingerprint density at radius 2 is 1.50 bits per heavy atom. The van der Waals surface area contributed by atoms with Crippen molar-refractivity contribution in [2.75, 3.05) is 0 Å². The van der Waals surface area contributed by atoms with Crippen molar-refractivity contribution in [2.45, 2.75) is 0 Å². The zero-order valence-corrected chi connectivity index (χ0v) is 13.0. The van der Waals surface area contributed by atoms with Gasteiger partial charge >= 0.3 is 0 Å². The Bertz CT molecular complexity index is 971. The summed E-state index contributed by atoms with van der Waals surface area (Å²) in [4.78, 5) is 10.8. The Kier molecular flexibility index (Phi) is 3.36. The van der Waals surface area contributed by atoms with Crippen LogP contribution in [0.3, 0.4) is 0 Å². The number of nitro groups is 1. The molecule has 0 radical (unpaired) electrons. The number of para-hydroxylation sites is 2. The number of benzene rings is 3.